The number of aliphatic imine (C=N–C) groups is 1. The van der Waals surface area contributed by atoms with Crippen LogP contribution in [0.1, 0.15) is 27.2 Å². The molecular formula is C12H22N2O. The number of hydrogen-bond acceptors (Lipinski definition) is 3. The van der Waals surface area contributed by atoms with Gasteiger partial charge in [-0.15, -0.1) is 0 Å². The zero-order valence-corrected chi connectivity index (χ0v) is 10.2. The van der Waals surface area contributed by atoms with Gasteiger partial charge in [0.2, 0.25) is 0 Å². The van der Waals surface area contributed by atoms with Gasteiger partial charge in [-0.05, 0) is 34.2 Å². The molecule has 0 aromatic carbocycles. The fourth-order valence-electron chi connectivity index (χ4n) is 1.96. The van der Waals surface area contributed by atoms with E-state index < -0.39 is 0 Å². The predicted molar refractivity (Wildman–Crippen MR) is 64.4 cm³/mol. The lowest BCUT2D eigenvalue weighted by molar-refractivity contribution is -0.0675. The minimum Gasteiger partial charge on any atom is -0.372 e. The molecule has 0 bridgehead atoms. The molecule has 3 heteroatoms. The minimum atomic E-state index is 0.320. The van der Waals surface area contributed by atoms with Crippen molar-refractivity contribution < 1.29 is 4.74 Å². The fraction of sp³-hybridized carbons (Fsp3) is 0.750. The van der Waals surface area contributed by atoms with Gasteiger partial charge in [-0.3, -0.25) is 4.99 Å². The summed E-state index contributed by atoms with van der Waals surface area (Å²) in [6.07, 6.45) is 5.59. The highest BCUT2D eigenvalue weighted by molar-refractivity contribution is 5.55. The van der Waals surface area contributed by atoms with Gasteiger partial charge in [-0.25, -0.2) is 0 Å². The topological polar surface area (TPSA) is 24.8 Å². The lowest BCUT2D eigenvalue weighted by atomic mass is 10.1. The standard InChI is InChI=1S/C12H22N2O/c1-5-13-10(2)6-7-12-9-14(4)8-11(3)15-12/h5-6,11-12H,7-9H2,1-4H3/b10-6-,13-5?. The van der Waals surface area contributed by atoms with Gasteiger partial charge in [0.15, 0.2) is 0 Å². The molecule has 1 rings (SSSR count). The molecule has 0 saturated carbocycles. The van der Waals surface area contributed by atoms with Crippen LogP contribution in [-0.2, 0) is 4.74 Å². The van der Waals surface area contributed by atoms with Crippen molar-refractivity contribution in [3.63, 3.8) is 0 Å². The number of morpholine rings is 1. The van der Waals surface area contributed by atoms with Gasteiger partial charge in [0.05, 0.1) is 12.2 Å². The maximum Gasteiger partial charge on any atom is 0.0741 e. The highest BCUT2D eigenvalue weighted by Crippen LogP contribution is 2.13. The van der Waals surface area contributed by atoms with E-state index in [2.05, 4.69) is 29.9 Å². The Morgan fingerprint density at radius 1 is 1.53 bits per heavy atom. The maximum atomic E-state index is 5.85. The third-order valence-electron chi connectivity index (χ3n) is 2.52. The van der Waals surface area contributed by atoms with E-state index in [4.69, 9.17) is 4.74 Å². The summed E-state index contributed by atoms with van der Waals surface area (Å²) in [5, 5.41) is 0. The van der Waals surface area contributed by atoms with Crippen molar-refractivity contribution in [1.29, 1.82) is 0 Å². The Bertz CT molecular complexity index is 238. The molecule has 0 spiro atoms. The molecule has 0 aliphatic carbocycles. The normalized spacial score (nSPS) is 30.0. The molecule has 0 amide bonds. The molecule has 0 aromatic heterocycles. The first kappa shape index (κ1) is 12.4. The summed E-state index contributed by atoms with van der Waals surface area (Å²) in [6.45, 7) is 8.14. The molecule has 1 heterocycles. The molecule has 86 valence electrons. The molecule has 0 radical (unpaired) electrons. The van der Waals surface area contributed by atoms with Crippen LogP contribution in [0.3, 0.4) is 0 Å². The molecule has 3 nitrogen and oxygen atoms in total. The van der Waals surface area contributed by atoms with Gasteiger partial charge in [-0.2, -0.15) is 0 Å². The highest BCUT2D eigenvalue weighted by atomic mass is 16.5. The predicted octanol–water partition coefficient (Wildman–Crippen LogP) is 2.09. The monoisotopic (exact) mass is 210 g/mol. The second kappa shape index (κ2) is 6.03. The van der Waals surface area contributed by atoms with Crippen LogP contribution in [0.2, 0.25) is 0 Å². The van der Waals surface area contributed by atoms with Gasteiger partial charge < -0.3 is 9.64 Å². The molecular weight excluding hydrogens is 188 g/mol. The summed E-state index contributed by atoms with van der Waals surface area (Å²) in [5.74, 6) is 0. The van der Waals surface area contributed by atoms with Crippen molar-refractivity contribution in [1.82, 2.24) is 4.90 Å². The van der Waals surface area contributed by atoms with E-state index in [0.29, 0.717) is 12.2 Å². The van der Waals surface area contributed by atoms with Crippen molar-refractivity contribution in [3.8, 4) is 0 Å². The first-order valence-corrected chi connectivity index (χ1v) is 5.61. The van der Waals surface area contributed by atoms with Gasteiger partial charge in [0.1, 0.15) is 0 Å². The van der Waals surface area contributed by atoms with Gasteiger partial charge in [0.25, 0.3) is 0 Å². The van der Waals surface area contributed by atoms with E-state index in [0.717, 1.165) is 25.2 Å². The second-order valence-corrected chi connectivity index (χ2v) is 4.26. The zero-order valence-electron chi connectivity index (χ0n) is 10.2. The Labute approximate surface area is 92.8 Å². The van der Waals surface area contributed by atoms with Crippen LogP contribution in [0.4, 0.5) is 0 Å². The van der Waals surface area contributed by atoms with Crippen LogP contribution in [-0.4, -0.2) is 43.5 Å². The molecule has 0 N–H and O–H groups in total. The Hall–Kier alpha value is -0.670. The molecule has 2 atom stereocenters. The lowest BCUT2D eigenvalue weighted by Gasteiger charge is -2.34. The second-order valence-electron chi connectivity index (χ2n) is 4.26. The van der Waals surface area contributed by atoms with E-state index in [-0.39, 0.29) is 0 Å². The summed E-state index contributed by atoms with van der Waals surface area (Å²) in [6, 6.07) is 0. The Balaban J connectivity index is 2.41. The first-order chi connectivity index (χ1) is 7.11. The van der Waals surface area contributed by atoms with Crippen LogP contribution in [0.5, 0.6) is 0 Å². The van der Waals surface area contributed by atoms with E-state index in [1.54, 1.807) is 0 Å². The van der Waals surface area contributed by atoms with Gasteiger partial charge in [0, 0.05) is 25.0 Å². The lowest BCUT2D eigenvalue weighted by Crippen LogP contribution is -2.44. The largest absolute Gasteiger partial charge is 0.372 e. The van der Waals surface area contributed by atoms with Crippen molar-refractivity contribution >= 4 is 6.21 Å². The summed E-state index contributed by atoms with van der Waals surface area (Å²) in [7, 11) is 2.15. The zero-order chi connectivity index (χ0) is 11.3. The van der Waals surface area contributed by atoms with Crippen LogP contribution in [0.15, 0.2) is 16.8 Å². The third-order valence-corrected chi connectivity index (χ3v) is 2.52. The van der Waals surface area contributed by atoms with E-state index in [9.17, 15) is 0 Å². The molecule has 0 aromatic rings. The smallest absolute Gasteiger partial charge is 0.0741 e. The van der Waals surface area contributed by atoms with Crippen molar-refractivity contribution in [2.45, 2.75) is 39.4 Å². The maximum absolute atomic E-state index is 5.85. The minimum absolute atomic E-state index is 0.320. The van der Waals surface area contributed by atoms with Crippen LogP contribution in [0.25, 0.3) is 0 Å². The molecule has 1 saturated heterocycles. The van der Waals surface area contributed by atoms with E-state index in [1.807, 2.05) is 20.1 Å². The Morgan fingerprint density at radius 2 is 2.27 bits per heavy atom. The average Bonchev–Trinajstić information content (AvgIpc) is 2.14. The number of hydrogen-bond donors (Lipinski definition) is 0. The summed E-state index contributed by atoms with van der Waals surface area (Å²) >= 11 is 0. The van der Waals surface area contributed by atoms with Crippen LogP contribution < -0.4 is 0 Å². The highest BCUT2D eigenvalue weighted by Gasteiger charge is 2.21. The van der Waals surface area contributed by atoms with Gasteiger partial charge >= 0.3 is 0 Å². The third kappa shape index (κ3) is 4.58. The molecule has 1 aliphatic rings. The summed E-state index contributed by atoms with van der Waals surface area (Å²) in [4.78, 5) is 6.54. The van der Waals surface area contributed by atoms with E-state index >= 15 is 0 Å². The van der Waals surface area contributed by atoms with Crippen molar-refractivity contribution in [2.24, 2.45) is 4.99 Å². The van der Waals surface area contributed by atoms with Crippen molar-refractivity contribution in [3.05, 3.63) is 11.8 Å². The molecule has 15 heavy (non-hydrogen) atoms. The summed E-state index contributed by atoms with van der Waals surface area (Å²) in [5.41, 5.74) is 1.07. The molecule has 1 aliphatic heterocycles. The quantitative estimate of drug-likeness (QED) is 0.666. The van der Waals surface area contributed by atoms with Crippen LogP contribution in [0, 0.1) is 0 Å². The number of ether oxygens (including phenoxy) is 1. The Kier molecular flexibility index (Phi) is 4.99. The molecule has 1 fully saturated rings. The fourth-order valence-corrected chi connectivity index (χ4v) is 1.96. The molecule has 2 unspecified atom stereocenters. The number of nitrogens with zero attached hydrogens (tertiary/aromatic N) is 2. The van der Waals surface area contributed by atoms with Gasteiger partial charge in [-0.1, -0.05) is 6.08 Å². The SMILES string of the molecule is CC=N/C(C)=C\CC1CN(C)CC(C)O1. The summed E-state index contributed by atoms with van der Waals surface area (Å²) < 4.78 is 5.85. The van der Waals surface area contributed by atoms with Crippen LogP contribution >= 0.6 is 0 Å². The number of rotatable bonds is 3. The number of likely N-dealkylation sites (N-methyl/N-ethyl adjacent to an activating group) is 1. The van der Waals surface area contributed by atoms with Crippen molar-refractivity contribution in [2.75, 3.05) is 20.1 Å². The average molecular weight is 210 g/mol. The number of allylic oxidation sites excluding steroid dienone is 1. The Morgan fingerprint density at radius 3 is 2.87 bits per heavy atom. The van der Waals surface area contributed by atoms with E-state index in [1.165, 1.54) is 0 Å². The first-order valence-electron chi connectivity index (χ1n) is 5.61.